The molecule has 0 atom stereocenters. The number of nitrogens with two attached hydrogens (primary N) is 1. The van der Waals surface area contributed by atoms with Gasteiger partial charge >= 0.3 is 5.69 Å². The lowest BCUT2D eigenvalue weighted by atomic mass is 10.1. The van der Waals surface area contributed by atoms with Crippen LogP contribution in [0, 0.1) is 11.8 Å². The maximum Gasteiger partial charge on any atom is 0.330 e. The third-order valence-electron chi connectivity index (χ3n) is 5.25. The first kappa shape index (κ1) is 25.5. The summed E-state index contributed by atoms with van der Waals surface area (Å²) in [5.41, 5.74) is 6.23. The number of aromatic amines is 1. The number of carbonyl (C=O) groups is 2. The van der Waals surface area contributed by atoms with Crippen molar-refractivity contribution in [2.45, 2.75) is 34.2 Å². The Hall–Kier alpha value is -4.14. The highest BCUT2D eigenvalue weighted by atomic mass is 16.2. The van der Waals surface area contributed by atoms with Crippen molar-refractivity contribution in [3.8, 4) is 0 Å². The molecule has 3 aromatic rings. The molecule has 1 aromatic heterocycles. The minimum absolute atomic E-state index is 0.0210. The average Bonchev–Trinajstić information content (AvgIpc) is 2.81. The predicted octanol–water partition coefficient (Wildman–Crippen LogP) is 3.33. The van der Waals surface area contributed by atoms with E-state index >= 15 is 0 Å². The van der Waals surface area contributed by atoms with Crippen LogP contribution in [0.2, 0.25) is 0 Å². The lowest BCUT2D eigenvalue weighted by Gasteiger charge is -2.26. The van der Waals surface area contributed by atoms with Gasteiger partial charge in [0.2, 0.25) is 0 Å². The van der Waals surface area contributed by atoms with E-state index in [-0.39, 0.29) is 35.8 Å². The summed E-state index contributed by atoms with van der Waals surface area (Å²) in [5, 5.41) is 2.79. The van der Waals surface area contributed by atoms with Crippen LogP contribution in [0.4, 0.5) is 17.2 Å². The van der Waals surface area contributed by atoms with E-state index < -0.39 is 17.2 Å². The molecule has 3 rings (SSSR count). The van der Waals surface area contributed by atoms with Gasteiger partial charge in [-0.3, -0.25) is 23.9 Å². The number of anilines is 3. The Labute approximate surface area is 203 Å². The van der Waals surface area contributed by atoms with E-state index in [9.17, 15) is 19.2 Å². The molecule has 9 nitrogen and oxygen atoms in total. The first-order valence-electron chi connectivity index (χ1n) is 11.5. The second kappa shape index (κ2) is 10.9. The van der Waals surface area contributed by atoms with Gasteiger partial charge in [-0.25, -0.2) is 4.79 Å². The molecule has 184 valence electrons. The molecule has 0 radical (unpaired) electrons. The molecule has 0 bridgehead atoms. The van der Waals surface area contributed by atoms with E-state index in [1.807, 2.05) is 33.8 Å². The number of rotatable bonds is 8. The summed E-state index contributed by atoms with van der Waals surface area (Å²) in [5.74, 6) is -0.632. The molecule has 2 amide bonds. The number of carbonyl (C=O) groups excluding carboxylic acids is 2. The average molecular weight is 478 g/mol. The van der Waals surface area contributed by atoms with Crippen molar-refractivity contribution in [1.29, 1.82) is 0 Å². The summed E-state index contributed by atoms with van der Waals surface area (Å²) in [4.78, 5) is 54.6. The van der Waals surface area contributed by atoms with Gasteiger partial charge in [0.15, 0.2) is 5.69 Å². The Morgan fingerprint density at radius 1 is 0.943 bits per heavy atom. The summed E-state index contributed by atoms with van der Waals surface area (Å²) < 4.78 is 1.28. The quantitative estimate of drug-likeness (QED) is 0.458. The molecular weight excluding hydrogens is 446 g/mol. The molecular formula is C26H31N5O4. The Kier molecular flexibility index (Phi) is 7.91. The molecule has 0 unspecified atom stereocenters. The van der Waals surface area contributed by atoms with Gasteiger partial charge in [0.25, 0.3) is 17.4 Å². The monoisotopic (exact) mass is 477 g/mol. The van der Waals surface area contributed by atoms with Crippen LogP contribution < -0.4 is 27.2 Å². The zero-order chi connectivity index (χ0) is 25.7. The smallest absolute Gasteiger partial charge is 0.330 e. The first-order valence-corrected chi connectivity index (χ1v) is 11.5. The topological polar surface area (TPSA) is 130 Å². The molecule has 1 heterocycles. The lowest BCUT2D eigenvalue weighted by Crippen LogP contribution is -2.43. The van der Waals surface area contributed by atoms with Crippen molar-refractivity contribution in [3.05, 3.63) is 86.6 Å². The van der Waals surface area contributed by atoms with Crippen molar-refractivity contribution in [1.82, 2.24) is 9.55 Å². The van der Waals surface area contributed by atoms with Crippen LogP contribution in [0.15, 0.2) is 64.2 Å². The van der Waals surface area contributed by atoms with Gasteiger partial charge in [-0.2, -0.15) is 0 Å². The molecule has 0 aliphatic carbocycles. The minimum Gasteiger partial charge on any atom is -0.383 e. The molecule has 4 N–H and O–H groups in total. The summed E-state index contributed by atoms with van der Waals surface area (Å²) in [7, 11) is 0. The van der Waals surface area contributed by atoms with E-state index in [0.717, 1.165) is 0 Å². The molecule has 0 aliphatic heterocycles. The van der Waals surface area contributed by atoms with Crippen molar-refractivity contribution < 1.29 is 9.59 Å². The zero-order valence-electron chi connectivity index (χ0n) is 20.4. The predicted molar refractivity (Wildman–Crippen MR) is 138 cm³/mol. The third kappa shape index (κ3) is 6.06. The maximum absolute atomic E-state index is 13.5. The van der Waals surface area contributed by atoms with Crippen LogP contribution in [0.25, 0.3) is 0 Å². The standard InChI is InChI=1S/C26H31N5O4/c1-16(2)14-30(21-22(27)31(15-17(3)4)26(35)29-24(21)33)25(34)19-10-12-20(13-11-19)28-23(32)18-8-6-5-7-9-18/h5-13,16-17H,14-15,27H2,1-4H3,(H,28,32)(H,29,33,35). The Balaban J connectivity index is 1.93. The minimum atomic E-state index is -0.715. The van der Waals surface area contributed by atoms with E-state index in [2.05, 4.69) is 10.3 Å². The number of nitrogens with one attached hydrogen (secondary N) is 2. The number of hydrogen-bond donors (Lipinski definition) is 3. The highest BCUT2D eigenvalue weighted by Gasteiger charge is 2.26. The van der Waals surface area contributed by atoms with Crippen LogP contribution in [-0.4, -0.2) is 27.9 Å². The molecule has 2 aromatic carbocycles. The van der Waals surface area contributed by atoms with Crippen LogP contribution in [0.1, 0.15) is 48.4 Å². The van der Waals surface area contributed by atoms with Crippen molar-refractivity contribution in [2.24, 2.45) is 11.8 Å². The normalized spacial score (nSPS) is 11.0. The number of H-pyrrole nitrogens is 1. The number of benzene rings is 2. The number of hydrogen-bond acceptors (Lipinski definition) is 5. The molecule has 35 heavy (non-hydrogen) atoms. The van der Waals surface area contributed by atoms with Crippen LogP contribution in [0.5, 0.6) is 0 Å². The fourth-order valence-corrected chi connectivity index (χ4v) is 3.67. The Bertz CT molecular complexity index is 1310. The van der Waals surface area contributed by atoms with E-state index in [1.165, 1.54) is 9.47 Å². The first-order chi connectivity index (χ1) is 16.6. The highest BCUT2D eigenvalue weighted by molar-refractivity contribution is 6.08. The molecule has 0 saturated heterocycles. The summed E-state index contributed by atoms with van der Waals surface area (Å²) in [6, 6.07) is 15.2. The van der Waals surface area contributed by atoms with Gasteiger partial charge in [-0.05, 0) is 48.2 Å². The van der Waals surface area contributed by atoms with Crippen molar-refractivity contribution in [2.75, 3.05) is 22.5 Å². The lowest BCUT2D eigenvalue weighted by molar-refractivity contribution is 0.0982. The van der Waals surface area contributed by atoms with Crippen LogP contribution in [0.3, 0.4) is 0 Å². The van der Waals surface area contributed by atoms with Gasteiger partial charge < -0.3 is 16.0 Å². The van der Waals surface area contributed by atoms with Crippen LogP contribution in [-0.2, 0) is 6.54 Å². The summed E-state index contributed by atoms with van der Waals surface area (Å²) in [6.07, 6.45) is 0. The third-order valence-corrected chi connectivity index (χ3v) is 5.25. The van der Waals surface area contributed by atoms with Crippen molar-refractivity contribution in [3.63, 3.8) is 0 Å². The zero-order valence-corrected chi connectivity index (χ0v) is 20.4. The number of nitrogen functional groups attached to an aromatic ring is 1. The number of nitrogens with zero attached hydrogens (tertiary/aromatic N) is 2. The van der Waals surface area contributed by atoms with Gasteiger partial charge in [-0.1, -0.05) is 45.9 Å². The van der Waals surface area contributed by atoms with Gasteiger partial charge in [0.05, 0.1) is 0 Å². The summed E-state index contributed by atoms with van der Waals surface area (Å²) in [6.45, 7) is 8.19. The molecule has 0 fully saturated rings. The maximum atomic E-state index is 13.5. The number of amides is 2. The van der Waals surface area contributed by atoms with Crippen molar-refractivity contribution >= 4 is 29.0 Å². The Morgan fingerprint density at radius 2 is 1.57 bits per heavy atom. The fraction of sp³-hybridized carbons (Fsp3) is 0.308. The summed E-state index contributed by atoms with van der Waals surface area (Å²) >= 11 is 0. The van der Waals surface area contributed by atoms with Gasteiger partial charge in [0.1, 0.15) is 5.82 Å². The molecule has 0 saturated carbocycles. The van der Waals surface area contributed by atoms with Crippen LogP contribution >= 0.6 is 0 Å². The second-order valence-electron chi connectivity index (χ2n) is 9.20. The SMILES string of the molecule is CC(C)CN(C(=O)c1ccc(NC(=O)c2ccccc2)cc1)c1c(N)n(CC(C)C)c(=O)[nH]c1=O. The van der Waals surface area contributed by atoms with E-state index in [1.54, 1.807) is 48.5 Å². The van der Waals surface area contributed by atoms with Gasteiger partial charge in [-0.15, -0.1) is 0 Å². The van der Waals surface area contributed by atoms with E-state index in [0.29, 0.717) is 23.4 Å². The fourth-order valence-electron chi connectivity index (χ4n) is 3.67. The molecule has 0 spiro atoms. The van der Waals surface area contributed by atoms with Gasteiger partial charge in [0, 0.05) is 29.9 Å². The highest BCUT2D eigenvalue weighted by Crippen LogP contribution is 2.22. The molecule has 0 aliphatic rings. The van der Waals surface area contributed by atoms with E-state index in [4.69, 9.17) is 5.73 Å². The number of aromatic nitrogens is 2. The largest absolute Gasteiger partial charge is 0.383 e. The Morgan fingerprint density at radius 3 is 2.14 bits per heavy atom. The molecule has 9 heteroatoms. The second-order valence-corrected chi connectivity index (χ2v) is 9.20.